The van der Waals surface area contributed by atoms with Crippen molar-refractivity contribution in [2.75, 3.05) is 37.4 Å². The Morgan fingerprint density at radius 1 is 1.59 bits per heavy atom. The summed E-state index contributed by atoms with van der Waals surface area (Å²) in [5.41, 5.74) is 6.42. The van der Waals surface area contributed by atoms with Crippen molar-refractivity contribution in [3.8, 4) is 5.75 Å². The molecule has 5 heteroatoms. The number of anilines is 2. The Hall–Kier alpha value is -1.49. The second-order valence-electron chi connectivity index (χ2n) is 4.33. The summed E-state index contributed by atoms with van der Waals surface area (Å²) in [5.74, 6) is 0.355. The quantitative estimate of drug-likeness (QED) is 0.780. The molecule has 1 aliphatic rings. The molecule has 1 aliphatic heterocycles. The molecule has 0 spiro atoms. The predicted octanol–water partition coefficient (Wildman–Crippen LogP) is 1.24. The van der Waals surface area contributed by atoms with Gasteiger partial charge in [-0.15, -0.1) is 0 Å². The summed E-state index contributed by atoms with van der Waals surface area (Å²) in [7, 11) is 1.51. The molecule has 0 bridgehead atoms. The molecule has 17 heavy (non-hydrogen) atoms. The molecule has 4 nitrogen and oxygen atoms in total. The number of aliphatic hydroxyl groups excluding tert-OH is 1. The standard InChI is InChI=1S/C12H17FN2O2/c1-17-12-5-11(9(13)4-10(12)14)15-3-2-8(6-15)7-16/h4-5,8,16H,2-3,6-7,14H2,1H3. The zero-order chi connectivity index (χ0) is 12.4. The van der Waals surface area contributed by atoms with Gasteiger partial charge in [0, 0.05) is 37.7 Å². The van der Waals surface area contributed by atoms with Crippen molar-refractivity contribution >= 4 is 11.4 Å². The van der Waals surface area contributed by atoms with Crippen molar-refractivity contribution in [1.29, 1.82) is 0 Å². The van der Waals surface area contributed by atoms with Gasteiger partial charge in [-0.05, 0) is 6.42 Å². The van der Waals surface area contributed by atoms with E-state index in [1.807, 2.05) is 4.90 Å². The highest BCUT2D eigenvalue weighted by molar-refractivity contribution is 5.63. The van der Waals surface area contributed by atoms with E-state index in [1.165, 1.54) is 13.2 Å². The molecule has 0 aromatic heterocycles. The van der Waals surface area contributed by atoms with Crippen molar-refractivity contribution in [2.24, 2.45) is 5.92 Å². The minimum absolute atomic E-state index is 0.143. The van der Waals surface area contributed by atoms with Crippen molar-refractivity contribution < 1.29 is 14.2 Å². The number of hydrogen-bond donors (Lipinski definition) is 2. The van der Waals surface area contributed by atoms with Gasteiger partial charge in [-0.25, -0.2) is 4.39 Å². The molecule has 94 valence electrons. The van der Waals surface area contributed by atoms with Gasteiger partial charge < -0.3 is 20.5 Å². The molecule has 1 aromatic carbocycles. The lowest BCUT2D eigenvalue weighted by Gasteiger charge is -2.20. The van der Waals surface area contributed by atoms with E-state index in [2.05, 4.69) is 0 Å². The Kier molecular flexibility index (Phi) is 3.38. The third-order valence-electron chi connectivity index (χ3n) is 3.18. The molecular weight excluding hydrogens is 223 g/mol. The van der Waals surface area contributed by atoms with Crippen LogP contribution in [0.3, 0.4) is 0 Å². The van der Waals surface area contributed by atoms with Gasteiger partial charge in [0.1, 0.15) is 11.6 Å². The van der Waals surface area contributed by atoms with Crippen LogP contribution >= 0.6 is 0 Å². The lowest BCUT2D eigenvalue weighted by atomic mass is 10.1. The van der Waals surface area contributed by atoms with Crippen LogP contribution in [0.4, 0.5) is 15.8 Å². The fourth-order valence-corrected chi connectivity index (χ4v) is 2.18. The minimum atomic E-state index is -0.345. The molecule has 3 N–H and O–H groups in total. The summed E-state index contributed by atoms with van der Waals surface area (Å²) in [6.07, 6.45) is 0.878. The van der Waals surface area contributed by atoms with E-state index in [-0.39, 0.29) is 18.3 Å². The topological polar surface area (TPSA) is 58.7 Å². The number of nitrogens with two attached hydrogens (primary N) is 1. The number of nitrogen functional groups attached to an aromatic ring is 1. The van der Waals surface area contributed by atoms with Crippen LogP contribution in [0.5, 0.6) is 5.75 Å². The Morgan fingerprint density at radius 2 is 2.35 bits per heavy atom. The second-order valence-corrected chi connectivity index (χ2v) is 4.33. The summed E-state index contributed by atoms with van der Waals surface area (Å²) < 4.78 is 18.9. The Bertz CT molecular complexity index is 412. The molecule has 0 aliphatic carbocycles. The molecule has 1 fully saturated rings. The number of rotatable bonds is 3. The highest BCUT2D eigenvalue weighted by Crippen LogP contribution is 2.33. The number of halogens is 1. The van der Waals surface area contributed by atoms with E-state index < -0.39 is 0 Å². The normalized spacial score (nSPS) is 19.7. The van der Waals surface area contributed by atoms with Crippen LogP contribution in [0.25, 0.3) is 0 Å². The number of methoxy groups -OCH3 is 1. The lowest BCUT2D eigenvalue weighted by molar-refractivity contribution is 0.238. The van der Waals surface area contributed by atoms with Gasteiger partial charge in [0.15, 0.2) is 0 Å². The molecule has 1 heterocycles. The van der Waals surface area contributed by atoms with Gasteiger partial charge >= 0.3 is 0 Å². The number of aliphatic hydroxyl groups is 1. The van der Waals surface area contributed by atoms with Gasteiger partial charge in [-0.2, -0.15) is 0 Å². The average Bonchev–Trinajstić information content (AvgIpc) is 2.78. The Labute approximate surface area is 99.8 Å². The van der Waals surface area contributed by atoms with Crippen LogP contribution in [0.1, 0.15) is 6.42 Å². The molecule has 1 aromatic rings. The van der Waals surface area contributed by atoms with Gasteiger partial charge in [-0.1, -0.05) is 0 Å². The summed E-state index contributed by atoms with van der Waals surface area (Å²) in [5, 5.41) is 9.08. The van der Waals surface area contributed by atoms with Gasteiger partial charge in [0.05, 0.1) is 18.5 Å². The SMILES string of the molecule is COc1cc(N2CCC(CO)C2)c(F)cc1N. The number of hydrogen-bond acceptors (Lipinski definition) is 4. The Morgan fingerprint density at radius 3 is 2.94 bits per heavy atom. The first-order chi connectivity index (χ1) is 8.15. The predicted molar refractivity (Wildman–Crippen MR) is 64.8 cm³/mol. The third-order valence-corrected chi connectivity index (χ3v) is 3.18. The van der Waals surface area contributed by atoms with Crippen LogP contribution in [-0.4, -0.2) is 31.9 Å². The zero-order valence-electron chi connectivity index (χ0n) is 9.82. The summed E-state index contributed by atoms with van der Waals surface area (Å²) in [4.78, 5) is 1.91. The Balaban J connectivity index is 2.26. The molecule has 0 saturated carbocycles. The molecule has 2 rings (SSSR count). The first-order valence-corrected chi connectivity index (χ1v) is 5.64. The van der Waals surface area contributed by atoms with Crippen LogP contribution in [0.2, 0.25) is 0 Å². The largest absolute Gasteiger partial charge is 0.495 e. The summed E-state index contributed by atoms with van der Waals surface area (Å²) in [6, 6.07) is 2.89. The second kappa shape index (κ2) is 4.79. The molecule has 0 radical (unpaired) electrons. The van der Waals surface area contributed by atoms with Crippen molar-refractivity contribution in [3.63, 3.8) is 0 Å². The molecule has 1 unspecified atom stereocenters. The maximum Gasteiger partial charge on any atom is 0.148 e. The van der Waals surface area contributed by atoms with E-state index >= 15 is 0 Å². The van der Waals surface area contributed by atoms with Crippen molar-refractivity contribution in [3.05, 3.63) is 17.9 Å². The van der Waals surface area contributed by atoms with Crippen LogP contribution in [0, 0.1) is 11.7 Å². The first kappa shape index (κ1) is 12.0. The monoisotopic (exact) mass is 240 g/mol. The summed E-state index contributed by atoms with van der Waals surface area (Å²) >= 11 is 0. The van der Waals surface area contributed by atoms with E-state index in [0.717, 1.165) is 13.0 Å². The lowest BCUT2D eigenvalue weighted by Crippen LogP contribution is -2.21. The zero-order valence-corrected chi connectivity index (χ0v) is 9.82. The minimum Gasteiger partial charge on any atom is -0.495 e. The van der Waals surface area contributed by atoms with Gasteiger partial charge in [0.2, 0.25) is 0 Å². The van der Waals surface area contributed by atoms with Crippen molar-refractivity contribution in [2.45, 2.75) is 6.42 Å². The maximum absolute atomic E-state index is 13.8. The maximum atomic E-state index is 13.8. The van der Waals surface area contributed by atoms with Gasteiger partial charge in [-0.3, -0.25) is 0 Å². The smallest absolute Gasteiger partial charge is 0.148 e. The molecular formula is C12H17FN2O2. The van der Waals surface area contributed by atoms with Gasteiger partial charge in [0.25, 0.3) is 0 Å². The molecule has 1 atom stereocenters. The van der Waals surface area contributed by atoms with E-state index in [4.69, 9.17) is 15.6 Å². The van der Waals surface area contributed by atoms with E-state index in [1.54, 1.807) is 6.07 Å². The first-order valence-electron chi connectivity index (χ1n) is 5.64. The van der Waals surface area contributed by atoms with Crippen molar-refractivity contribution in [1.82, 2.24) is 0 Å². The molecule has 0 amide bonds. The van der Waals surface area contributed by atoms with E-state index in [9.17, 15) is 4.39 Å². The highest BCUT2D eigenvalue weighted by Gasteiger charge is 2.24. The third kappa shape index (κ3) is 2.29. The number of ether oxygens (including phenoxy) is 1. The van der Waals surface area contributed by atoms with Crippen LogP contribution in [-0.2, 0) is 0 Å². The van der Waals surface area contributed by atoms with Crippen LogP contribution in [0.15, 0.2) is 12.1 Å². The van der Waals surface area contributed by atoms with E-state index in [0.29, 0.717) is 23.7 Å². The molecule has 1 saturated heterocycles. The average molecular weight is 240 g/mol. The fourth-order valence-electron chi connectivity index (χ4n) is 2.18. The fraction of sp³-hybridized carbons (Fsp3) is 0.500. The number of benzene rings is 1. The number of nitrogens with zero attached hydrogens (tertiary/aromatic N) is 1. The van der Waals surface area contributed by atoms with Crippen LogP contribution < -0.4 is 15.4 Å². The summed E-state index contributed by atoms with van der Waals surface area (Å²) in [6.45, 7) is 1.56. The highest BCUT2D eigenvalue weighted by atomic mass is 19.1.